The number of aryl methyl sites for hydroxylation is 1. The quantitative estimate of drug-likeness (QED) is 0.800. The lowest BCUT2D eigenvalue weighted by Gasteiger charge is -2.16. The van der Waals surface area contributed by atoms with E-state index >= 15 is 0 Å². The van der Waals surface area contributed by atoms with Gasteiger partial charge in [0.2, 0.25) is 5.91 Å². The first-order valence-corrected chi connectivity index (χ1v) is 8.95. The Balaban J connectivity index is 1.53. The minimum absolute atomic E-state index is 0.118. The summed E-state index contributed by atoms with van der Waals surface area (Å²) in [6, 6.07) is 15.0. The number of halogens is 1. The maximum Gasteiger partial charge on any atom is 0.251 e. The highest BCUT2D eigenvalue weighted by atomic mass is 35.5. The fraction of sp³-hybridized carbons (Fsp3) is 0.300. The van der Waals surface area contributed by atoms with Gasteiger partial charge in [-0.15, -0.1) is 0 Å². The molecule has 0 radical (unpaired) electrons. The molecule has 4 nitrogen and oxygen atoms in total. The number of rotatable bonds is 6. The first-order chi connectivity index (χ1) is 12.1. The van der Waals surface area contributed by atoms with E-state index in [1.807, 2.05) is 36.4 Å². The van der Waals surface area contributed by atoms with E-state index in [2.05, 4.69) is 5.32 Å². The number of nitrogens with zero attached hydrogens (tertiary/aromatic N) is 1. The van der Waals surface area contributed by atoms with Crippen molar-refractivity contribution in [2.75, 3.05) is 18.0 Å². The fourth-order valence-corrected chi connectivity index (χ4v) is 3.25. The summed E-state index contributed by atoms with van der Waals surface area (Å²) in [6.07, 6.45) is 3.10. The van der Waals surface area contributed by atoms with E-state index in [0.717, 1.165) is 42.1 Å². The molecule has 2 aromatic carbocycles. The van der Waals surface area contributed by atoms with Gasteiger partial charge in [0.15, 0.2) is 0 Å². The molecule has 2 aromatic rings. The molecule has 5 heteroatoms. The van der Waals surface area contributed by atoms with Crippen molar-refractivity contribution in [1.29, 1.82) is 0 Å². The third-order valence-corrected chi connectivity index (χ3v) is 4.73. The zero-order chi connectivity index (χ0) is 17.6. The second kappa shape index (κ2) is 8.17. The number of carbonyl (C=O) groups is 2. The Kier molecular flexibility index (Phi) is 5.71. The standard InChI is InChI=1S/C20H21ClN2O2/c21-18-10-2-1-6-15(18)8-4-12-22-20(25)16-7-3-9-17(14-16)23-13-5-11-19(23)24/h1-3,6-7,9-10,14H,4-5,8,11-13H2,(H,22,25). The Bertz CT molecular complexity index is 776. The van der Waals surface area contributed by atoms with Crippen molar-refractivity contribution in [3.63, 3.8) is 0 Å². The van der Waals surface area contributed by atoms with E-state index in [4.69, 9.17) is 11.6 Å². The minimum Gasteiger partial charge on any atom is -0.352 e. The van der Waals surface area contributed by atoms with Gasteiger partial charge in [-0.1, -0.05) is 35.9 Å². The molecule has 0 spiro atoms. The maximum atomic E-state index is 12.3. The van der Waals surface area contributed by atoms with E-state index < -0.39 is 0 Å². The zero-order valence-electron chi connectivity index (χ0n) is 14.0. The normalized spacial score (nSPS) is 14.0. The van der Waals surface area contributed by atoms with Gasteiger partial charge < -0.3 is 10.2 Å². The van der Waals surface area contributed by atoms with Crippen molar-refractivity contribution in [3.05, 3.63) is 64.7 Å². The summed E-state index contributed by atoms with van der Waals surface area (Å²) in [7, 11) is 0. The van der Waals surface area contributed by atoms with Gasteiger partial charge in [-0.05, 0) is 49.1 Å². The number of anilines is 1. The van der Waals surface area contributed by atoms with Crippen molar-refractivity contribution < 1.29 is 9.59 Å². The number of amides is 2. The molecule has 1 saturated heterocycles. The van der Waals surface area contributed by atoms with Crippen LogP contribution < -0.4 is 10.2 Å². The summed E-state index contributed by atoms with van der Waals surface area (Å²) in [5.41, 5.74) is 2.47. The summed E-state index contributed by atoms with van der Waals surface area (Å²) >= 11 is 6.13. The van der Waals surface area contributed by atoms with Crippen LogP contribution in [0, 0.1) is 0 Å². The summed E-state index contributed by atoms with van der Waals surface area (Å²) < 4.78 is 0. The summed E-state index contributed by atoms with van der Waals surface area (Å²) in [5.74, 6) is 0.00459. The van der Waals surface area contributed by atoms with Crippen LogP contribution in [0.25, 0.3) is 0 Å². The summed E-state index contributed by atoms with van der Waals surface area (Å²) in [6.45, 7) is 1.30. The minimum atomic E-state index is -0.118. The number of benzene rings is 2. The Hall–Kier alpha value is -2.33. The Labute approximate surface area is 152 Å². The van der Waals surface area contributed by atoms with E-state index in [1.54, 1.807) is 17.0 Å². The fourth-order valence-electron chi connectivity index (χ4n) is 3.02. The number of hydrogen-bond acceptors (Lipinski definition) is 2. The Morgan fingerprint density at radius 3 is 2.76 bits per heavy atom. The predicted molar refractivity (Wildman–Crippen MR) is 100 cm³/mol. The maximum absolute atomic E-state index is 12.3. The highest BCUT2D eigenvalue weighted by Gasteiger charge is 2.22. The van der Waals surface area contributed by atoms with Crippen LogP contribution in [-0.4, -0.2) is 24.9 Å². The van der Waals surface area contributed by atoms with Crippen molar-refractivity contribution in [1.82, 2.24) is 5.32 Å². The molecule has 1 fully saturated rings. The molecule has 1 heterocycles. The first kappa shape index (κ1) is 17.5. The lowest BCUT2D eigenvalue weighted by Crippen LogP contribution is -2.26. The molecule has 2 amide bonds. The predicted octanol–water partition coefficient (Wildman–Crippen LogP) is 3.83. The second-order valence-electron chi connectivity index (χ2n) is 6.15. The summed E-state index contributed by atoms with van der Waals surface area (Å²) in [4.78, 5) is 25.9. The van der Waals surface area contributed by atoms with Crippen LogP contribution in [-0.2, 0) is 11.2 Å². The van der Waals surface area contributed by atoms with Gasteiger partial charge in [0.05, 0.1) is 0 Å². The van der Waals surface area contributed by atoms with Crippen LogP contribution in [0.3, 0.4) is 0 Å². The van der Waals surface area contributed by atoms with Crippen molar-refractivity contribution in [2.45, 2.75) is 25.7 Å². The Morgan fingerprint density at radius 1 is 1.16 bits per heavy atom. The lowest BCUT2D eigenvalue weighted by molar-refractivity contribution is -0.117. The SMILES string of the molecule is O=C(NCCCc1ccccc1Cl)c1cccc(N2CCCC2=O)c1. The molecule has 0 bridgehead atoms. The molecular formula is C20H21ClN2O2. The van der Waals surface area contributed by atoms with E-state index in [-0.39, 0.29) is 11.8 Å². The molecule has 3 rings (SSSR count). The third kappa shape index (κ3) is 4.40. The van der Waals surface area contributed by atoms with Gasteiger partial charge in [-0.2, -0.15) is 0 Å². The monoisotopic (exact) mass is 356 g/mol. The average molecular weight is 357 g/mol. The summed E-state index contributed by atoms with van der Waals surface area (Å²) in [5, 5.41) is 3.69. The van der Waals surface area contributed by atoms with Gasteiger partial charge in [0, 0.05) is 35.8 Å². The molecule has 0 saturated carbocycles. The molecule has 0 aromatic heterocycles. The van der Waals surface area contributed by atoms with Gasteiger partial charge in [0.1, 0.15) is 0 Å². The van der Waals surface area contributed by atoms with Gasteiger partial charge in [-0.25, -0.2) is 0 Å². The number of hydrogen-bond donors (Lipinski definition) is 1. The molecule has 1 N–H and O–H groups in total. The molecule has 130 valence electrons. The van der Waals surface area contributed by atoms with Crippen LogP contribution in [0.4, 0.5) is 5.69 Å². The number of nitrogens with one attached hydrogen (secondary N) is 1. The second-order valence-corrected chi connectivity index (χ2v) is 6.56. The molecule has 0 aliphatic carbocycles. The van der Waals surface area contributed by atoms with Crippen molar-refractivity contribution in [2.24, 2.45) is 0 Å². The van der Waals surface area contributed by atoms with Gasteiger partial charge >= 0.3 is 0 Å². The first-order valence-electron chi connectivity index (χ1n) is 8.57. The van der Waals surface area contributed by atoms with Crippen molar-refractivity contribution in [3.8, 4) is 0 Å². The third-order valence-electron chi connectivity index (χ3n) is 4.36. The molecule has 0 atom stereocenters. The molecular weight excluding hydrogens is 336 g/mol. The van der Waals surface area contributed by atoms with E-state index in [1.165, 1.54) is 0 Å². The highest BCUT2D eigenvalue weighted by Crippen LogP contribution is 2.22. The zero-order valence-corrected chi connectivity index (χ0v) is 14.8. The van der Waals surface area contributed by atoms with Gasteiger partial charge in [0.25, 0.3) is 5.91 Å². The largest absolute Gasteiger partial charge is 0.352 e. The molecule has 1 aliphatic heterocycles. The van der Waals surface area contributed by atoms with Crippen LogP contribution in [0.2, 0.25) is 5.02 Å². The van der Waals surface area contributed by atoms with Crippen LogP contribution in [0.1, 0.15) is 35.2 Å². The van der Waals surface area contributed by atoms with Crippen LogP contribution in [0.5, 0.6) is 0 Å². The lowest BCUT2D eigenvalue weighted by atomic mass is 10.1. The molecule has 0 unspecified atom stereocenters. The van der Waals surface area contributed by atoms with Crippen molar-refractivity contribution >= 4 is 29.1 Å². The Morgan fingerprint density at radius 2 is 2.00 bits per heavy atom. The molecule has 1 aliphatic rings. The van der Waals surface area contributed by atoms with E-state index in [9.17, 15) is 9.59 Å². The molecule has 25 heavy (non-hydrogen) atoms. The van der Waals surface area contributed by atoms with Gasteiger partial charge in [-0.3, -0.25) is 9.59 Å². The van der Waals surface area contributed by atoms with Crippen LogP contribution >= 0.6 is 11.6 Å². The van der Waals surface area contributed by atoms with E-state index in [0.29, 0.717) is 18.5 Å². The smallest absolute Gasteiger partial charge is 0.251 e. The highest BCUT2D eigenvalue weighted by molar-refractivity contribution is 6.31. The average Bonchev–Trinajstić information content (AvgIpc) is 3.06. The topological polar surface area (TPSA) is 49.4 Å². The van der Waals surface area contributed by atoms with Crippen LogP contribution in [0.15, 0.2) is 48.5 Å². The number of carbonyl (C=O) groups excluding carboxylic acids is 2.